The number of anilines is 1. The standard InChI is InChI=1S/C19H19N5O3/c25-16-11-15(18(26)20-9-10-23-19-21-7-4-8-22-19)24-12-17(16)27-13-14-5-2-1-3-6-14/h1-8,11-12H,9-10,13H2,(H,20,26)(H,24,25)(H,21,22,23). The fourth-order valence-electron chi connectivity index (χ4n) is 2.27. The summed E-state index contributed by atoms with van der Waals surface area (Å²) in [7, 11) is 0. The first-order chi connectivity index (χ1) is 13.2. The Morgan fingerprint density at radius 3 is 2.59 bits per heavy atom. The fourth-order valence-corrected chi connectivity index (χ4v) is 2.27. The van der Waals surface area contributed by atoms with Crippen molar-refractivity contribution in [2.24, 2.45) is 0 Å². The molecule has 27 heavy (non-hydrogen) atoms. The van der Waals surface area contributed by atoms with Crippen LogP contribution in [0, 0.1) is 0 Å². The van der Waals surface area contributed by atoms with Gasteiger partial charge in [0.2, 0.25) is 11.4 Å². The maximum absolute atomic E-state index is 12.1. The third-order valence-electron chi connectivity index (χ3n) is 3.62. The highest BCUT2D eigenvalue weighted by molar-refractivity contribution is 5.92. The number of nitrogens with zero attached hydrogens (tertiary/aromatic N) is 2. The van der Waals surface area contributed by atoms with Crippen LogP contribution in [0.25, 0.3) is 0 Å². The molecule has 0 radical (unpaired) electrons. The van der Waals surface area contributed by atoms with Crippen LogP contribution in [0.1, 0.15) is 16.1 Å². The molecule has 0 unspecified atom stereocenters. The van der Waals surface area contributed by atoms with Crippen molar-refractivity contribution < 1.29 is 9.53 Å². The van der Waals surface area contributed by atoms with E-state index in [1.807, 2.05) is 30.3 Å². The highest BCUT2D eigenvalue weighted by Crippen LogP contribution is 2.07. The number of hydrogen-bond donors (Lipinski definition) is 3. The van der Waals surface area contributed by atoms with Gasteiger partial charge in [0.05, 0.1) is 0 Å². The van der Waals surface area contributed by atoms with Crippen molar-refractivity contribution in [2.75, 3.05) is 18.4 Å². The van der Waals surface area contributed by atoms with Crippen molar-refractivity contribution in [2.45, 2.75) is 6.61 Å². The van der Waals surface area contributed by atoms with Gasteiger partial charge >= 0.3 is 0 Å². The van der Waals surface area contributed by atoms with Gasteiger partial charge in [0.15, 0.2) is 5.75 Å². The number of nitrogens with one attached hydrogen (secondary N) is 3. The van der Waals surface area contributed by atoms with E-state index in [9.17, 15) is 9.59 Å². The predicted molar refractivity (Wildman–Crippen MR) is 101 cm³/mol. The molecular formula is C19H19N5O3. The zero-order valence-corrected chi connectivity index (χ0v) is 14.5. The molecular weight excluding hydrogens is 346 g/mol. The number of rotatable bonds is 8. The van der Waals surface area contributed by atoms with E-state index >= 15 is 0 Å². The Morgan fingerprint density at radius 1 is 1.07 bits per heavy atom. The fraction of sp³-hybridized carbons (Fsp3) is 0.158. The molecule has 0 spiro atoms. The lowest BCUT2D eigenvalue weighted by atomic mass is 10.2. The van der Waals surface area contributed by atoms with Gasteiger partial charge in [0.1, 0.15) is 12.3 Å². The zero-order chi connectivity index (χ0) is 18.9. The van der Waals surface area contributed by atoms with Gasteiger partial charge in [-0.15, -0.1) is 0 Å². The average Bonchev–Trinajstić information content (AvgIpc) is 2.71. The third-order valence-corrected chi connectivity index (χ3v) is 3.62. The van der Waals surface area contributed by atoms with Crippen molar-refractivity contribution >= 4 is 11.9 Å². The van der Waals surface area contributed by atoms with Gasteiger partial charge in [-0.3, -0.25) is 9.59 Å². The van der Waals surface area contributed by atoms with Crippen molar-refractivity contribution in [3.63, 3.8) is 0 Å². The molecule has 0 aliphatic heterocycles. The van der Waals surface area contributed by atoms with Gasteiger partial charge in [-0.05, 0) is 11.6 Å². The summed E-state index contributed by atoms with van der Waals surface area (Å²) in [6.07, 6.45) is 4.65. The number of H-pyrrole nitrogens is 1. The Bertz CT molecular complexity index is 929. The van der Waals surface area contributed by atoms with E-state index in [0.717, 1.165) is 5.56 Å². The monoisotopic (exact) mass is 365 g/mol. The van der Waals surface area contributed by atoms with Crippen molar-refractivity contribution in [3.05, 3.63) is 82.5 Å². The number of pyridine rings is 1. The molecule has 0 atom stereocenters. The van der Waals surface area contributed by atoms with Crippen molar-refractivity contribution in [1.29, 1.82) is 0 Å². The molecule has 0 saturated carbocycles. The van der Waals surface area contributed by atoms with E-state index in [-0.39, 0.29) is 29.4 Å². The first kappa shape index (κ1) is 18.1. The maximum atomic E-state index is 12.1. The first-order valence-corrected chi connectivity index (χ1v) is 8.41. The minimum atomic E-state index is -0.377. The Balaban J connectivity index is 1.48. The molecule has 8 heteroatoms. The number of benzene rings is 1. The van der Waals surface area contributed by atoms with Crippen molar-refractivity contribution in [1.82, 2.24) is 20.3 Å². The van der Waals surface area contributed by atoms with Gasteiger partial charge in [-0.2, -0.15) is 0 Å². The summed E-state index contributed by atoms with van der Waals surface area (Å²) in [4.78, 5) is 35.1. The summed E-state index contributed by atoms with van der Waals surface area (Å²) >= 11 is 0. The van der Waals surface area contributed by atoms with Crippen LogP contribution in [0.2, 0.25) is 0 Å². The SMILES string of the molecule is O=C(NCCNc1ncccn1)c1cc(=O)c(OCc2ccccc2)c[nH]1. The third kappa shape index (κ3) is 5.40. The van der Waals surface area contributed by atoms with E-state index in [0.29, 0.717) is 19.0 Å². The molecule has 2 heterocycles. The minimum Gasteiger partial charge on any atom is -0.483 e. The van der Waals surface area contributed by atoms with Crippen LogP contribution in [-0.2, 0) is 6.61 Å². The van der Waals surface area contributed by atoms with Gasteiger partial charge < -0.3 is 20.4 Å². The molecule has 1 aromatic carbocycles. The Morgan fingerprint density at radius 2 is 1.85 bits per heavy atom. The van der Waals surface area contributed by atoms with Crippen LogP contribution in [0.4, 0.5) is 5.95 Å². The number of carbonyl (C=O) groups excluding carboxylic acids is 1. The molecule has 0 aliphatic carbocycles. The molecule has 3 aromatic rings. The van der Waals surface area contributed by atoms with Crippen LogP contribution < -0.4 is 20.8 Å². The summed E-state index contributed by atoms with van der Waals surface area (Å²) in [6.45, 7) is 1.09. The van der Waals surface area contributed by atoms with Gasteiger partial charge in [-0.25, -0.2) is 9.97 Å². The Hall–Kier alpha value is -3.68. The summed E-state index contributed by atoms with van der Waals surface area (Å²) in [6, 6.07) is 12.5. The van der Waals surface area contributed by atoms with Crippen LogP contribution in [0.5, 0.6) is 5.75 Å². The van der Waals surface area contributed by atoms with E-state index in [1.165, 1.54) is 12.3 Å². The number of amides is 1. The molecule has 0 fully saturated rings. The lowest BCUT2D eigenvalue weighted by Gasteiger charge is -2.08. The average molecular weight is 365 g/mol. The van der Waals surface area contributed by atoms with Crippen LogP contribution in [0.15, 0.2) is 65.8 Å². The van der Waals surface area contributed by atoms with Gasteiger partial charge in [0.25, 0.3) is 5.91 Å². The quantitative estimate of drug-likeness (QED) is 0.523. The molecule has 0 aliphatic rings. The second-order valence-electron chi connectivity index (χ2n) is 5.60. The summed E-state index contributed by atoms with van der Waals surface area (Å²) in [5.74, 6) is 0.274. The van der Waals surface area contributed by atoms with Gasteiger partial charge in [0, 0.05) is 37.7 Å². The molecule has 1 amide bonds. The van der Waals surface area contributed by atoms with E-state index in [4.69, 9.17) is 4.74 Å². The predicted octanol–water partition coefficient (Wildman–Crippen LogP) is 1.59. The lowest BCUT2D eigenvalue weighted by molar-refractivity contribution is 0.0950. The highest BCUT2D eigenvalue weighted by Gasteiger charge is 2.09. The van der Waals surface area contributed by atoms with Gasteiger partial charge in [-0.1, -0.05) is 30.3 Å². The molecule has 138 valence electrons. The molecule has 0 saturated heterocycles. The number of aromatic nitrogens is 3. The summed E-state index contributed by atoms with van der Waals surface area (Å²) in [5, 5.41) is 5.68. The van der Waals surface area contributed by atoms with E-state index in [2.05, 4.69) is 25.6 Å². The number of hydrogen-bond acceptors (Lipinski definition) is 6. The normalized spacial score (nSPS) is 10.2. The smallest absolute Gasteiger partial charge is 0.267 e. The minimum absolute atomic E-state index is 0.165. The number of ether oxygens (including phenoxy) is 1. The molecule has 3 N–H and O–H groups in total. The van der Waals surface area contributed by atoms with E-state index in [1.54, 1.807) is 18.5 Å². The zero-order valence-electron chi connectivity index (χ0n) is 14.5. The van der Waals surface area contributed by atoms with E-state index < -0.39 is 0 Å². The Labute approximate surface area is 155 Å². The highest BCUT2D eigenvalue weighted by atomic mass is 16.5. The molecule has 8 nitrogen and oxygen atoms in total. The second kappa shape index (κ2) is 9.14. The number of aromatic amines is 1. The maximum Gasteiger partial charge on any atom is 0.267 e. The van der Waals surface area contributed by atoms with Crippen LogP contribution >= 0.6 is 0 Å². The topological polar surface area (TPSA) is 109 Å². The second-order valence-corrected chi connectivity index (χ2v) is 5.60. The summed E-state index contributed by atoms with van der Waals surface area (Å²) < 4.78 is 5.51. The summed E-state index contributed by atoms with van der Waals surface area (Å²) in [5.41, 5.74) is 0.766. The number of carbonyl (C=O) groups is 1. The van der Waals surface area contributed by atoms with Crippen LogP contribution in [-0.4, -0.2) is 33.9 Å². The largest absolute Gasteiger partial charge is 0.483 e. The lowest BCUT2D eigenvalue weighted by Crippen LogP contribution is -2.30. The Kier molecular flexibility index (Phi) is 6.13. The molecule has 2 aromatic heterocycles. The molecule has 3 rings (SSSR count). The molecule has 0 bridgehead atoms. The van der Waals surface area contributed by atoms with Crippen molar-refractivity contribution in [3.8, 4) is 5.75 Å². The van der Waals surface area contributed by atoms with Crippen LogP contribution in [0.3, 0.4) is 0 Å². The first-order valence-electron chi connectivity index (χ1n) is 8.41.